The van der Waals surface area contributed by atoms with Gasteiger partial charge in [0.05, 0.1) is 0 Å². The average Bonchev–Trinajstić information content (AvgIpc) is 2.43. The first-order chi connectivity index (χ1) is 7.29. The Labute approximate surface area is 96.0 Å². The van der Waals surface area contributed by atoms with Gasteiger partial charge in [0, 0.05) is 26.9 Å². The Morgan fingerprint density at radius 2 is 2.00 bits per heavy atom. The normalized spacial score (nSPS) is 11.8. The van der Waals surface area contributed by atoms with Crippen molar-refractivity contribution in [1.29, 1.82) is 0 Å². The number of aryl methyl sites for hydroxylation is 1. The minimum absolute atomic E-state index is 0.117. The first-order valence-electron chi connectivity index (χ1n) is 5.02. The molecule has 1 heterocycles. The van der Waals surface area contributed by atoms with Crippen molar-refractivity contribution in [3.63, 3.8) is 0 Å². The third-order valence-electron chi connectivity index (χ3n) is 2.16. The van der Waals surface area contributed by atoms with Crippen LogP contribution in [0.1, 0.15) is 13.3 Å². The van der Waals surface area contributed by atoms with Crippen molar-refractivity contribution < 1.29 is 8.42 Å². The van der Waals surface area contributed by atoms with Crippen LogP contribution in [-0.2, 0) is 16.4 Å². The summed E-state index contributed by atoms with van der Waals surface area (Å²) in [6.07, 6.45) is 1.99. The summed E-state index contributed by atoms with van der Waals surface area (Å²) in [5.74, 6) is 0.613. The van der Waals surface area contributed by atoms with Gasteiger partial charge >= 0.3 is 0 Å². The molecule has 7 heteroatoms. The van der Waals surface area contributed by atoms with E-state index in [-0.39, 0.29) is 10.7 Å². The SMILES string of the molecule is CCCn1nc(N(C)C)c(S(C)(=O)=O)c1N. The van der Waals surface area contributed by atoms with Crippen LogP contribution < -0.4 is 10.6 Å². The molecular weight excluding hydrogens is 228 g/mol. The summed E-state index contributed by atoms with van der Waals surface area (Å²) in [6.45, 7) is 2.60. The van der Waals surface area contributed by atoms with Crippen molar-refractivity contribution in [2.45, 2.75) is 24.8 Å². The van der Waals surface area contributed by atoms with Gasteiger partial charge in [0.1, 0.15) is 5.82 Å². The summed E-state index contributed by atoms with van der Waals surface area (Å²) in [5.41, 5.74) is 5.81. The lowest BCUT2D eigenvalue weighted by Crippen LogP contribution is -2.13. The average molecular weight is 246 g/mol. The minimum atomic E-state index is -3.36. The molecular formula is C9H18N4O2S. The van der Waals surface area contributed by atoms with E-state index < -0.39 is 9.84 Å². The van der Waals surface area contributed by atoms with E-state index in [0.717, 1.165) is 12.7 Å². The summed E-state index contributed by atoms with van der Waals surface area (Å²) in [4.78, 5) is 1.77. The highest BCUT2D eigenvalue weighted by molar-refractivity contribution is 7.91. The quantitative estimate of drug-likeness (QED) is 0.828. The lowest BCUT2D eigenvalue weighted by Gasteiger charge is -2.09. The first kappa shape index (κ1) is 12.8. The number of hydrogen-bond donors (Lipinski definition) is 1. The van der Waals surface area contributed by atoms with Gasteiger partial charge < -0.3 is 10.6 Å². The molecule has 0 amide bonds. The second-order valence-electron chi connectivity index (χ2n) is 3.93. The maximum Gasteiger partial charge on any atom is 0.182 e. The fourth-order valence-electron chi connectivity index (χ4n) is 1.48. The molecule has 0 saturated heterocycles. The Balaban J connectivity index is 3.44. The Morgan fingerprint density at radius 3 is 2.31 bits per heavy atom. The van der Waals surface area contributed by atoms with Crippen molar-refractivity contribution >= 4 is 21.5 Å². The molecule has 6 nitrogen and oxygen atoms in total. The third kappa shape index (κ3) is 2.29. The number of nitrogen functional groups attached to an aromatic ring is 1. The molecule has 0 spiro atoms. The van der Waals surface area contributed by atoms with E-state index >= 15 is 0 Å². The van der Waals surface area contributed by atoms with E-state index in [4.69, 9.17) is 5.73 Å². The number of nitrogens with two attached hydrogens (primary N) is 1. The number of aromatic nitrogens is 2. The highest BCUT2D eigenvalue weighted by Gasteiger charge is 2.24. The van der Waals surface area contributed by atoms with Gasteiger partial charge in [0.15, 0.2) is 20.6 Å². The predicted molar refractivity (Wildman–Crippen MR) is 64.4 cm³/mol. The van der Waals surface area contributed by atoms with Gasteiger partial charge in [-0.2, -0.15) is 5.10 Å². The predicted octanol–water partition coefficient (Wildman–Crippen LogP) is 0.345. The molecule has 92 valence electrons. The van der Waals surface area contributed by atoms with E-state index in [0.29, 0.717) is 12.4 Å². The maximum absolute atomic E-state index is 11.6. The first-order valence-corrected chi connectivity index (χ1v) is 6.91. The lowest BCUT2D eigenvalue weighted by molar-refractivity contribution is 0.600. The van der Waals surface area contributed by atoms with E-state index in [1.165, 1.54) is 4.68 Å². The van der Waals surface area contributed by atoms with Crippen molar-refractivity contribution in [3.8, 4) is 0 Å². The van der Waals surface area contributed by atoms with Crippen LogP contribution in [0.15, 0.2) is 4.90 Å². The molecule has 0 radical (unpaired) electrons. The van der Waals surface area contributed by atoms with Gasteiger partial charge in [-0.25, -0.2) is 13.1 Å². The Bertz CT molecular complexity index is 476. The van der Waals surface area contributed by atoms with Gasteiger partial charge in [-0.3, -0.25) is 0 Å². The van der Waals surface area contributed by atoms with Crippen LogP contribution >= 0.6 is 0 Å². The molecule has 1 aromatic rings. The molecule has 1 aromatic heterocycles. The molecule has 2 N–H and O–H groups in total. The topological polar surface area (TPSA) is 81.2 Å². The summed E-state index contributed by atoms with van der Waals surface area (Å²) in [6, 6.07) is 0. The number of anilines is 2. The standard InChI is InChI=1S/C9H18N4O2S/c1-5-6-13-8(10)7(16(4,14)15)9(11-13)12(2)3/h5-6,10H2,1-4H3. The van der Waals surface area contributed by atoms with Crippen molar-refractivity contribution in [3.05, 3.63) is 0 Å². The van der Waals surface area contributed by atoms with Gasteiger partial charge in [-0.15, -0.1) is 0 Å². The Kier molecular flexibility index (Phi) is 3.47. The summed E-state index contributed by atoms with van der Waals surface area (Å²) >= 11 is 0. The van der Waals surface area contributed by atoms with Crippen LogP contribution in [0.25, 0.3) is 0 Å². The second kappa shape index (κ2) is 4.32. The highest BCUT2D eigenvalue weighted by atomic mass is 32.2. The van der Waals surface area contributed by atoms with Crippen molar-refractivity contribution in [2.24, 2.45) is 0 Å². The molecule has 0 unspecified atom stereocenters. The summed E-state index contributed by atoms with van der Waals surface area (Å²) in [5, 5.41) is 4.20. The van der Waals surface area contributed by atoms with Crippen LogP contribution in [-0.4, -0.2) is 38.5 Å². The fourth-order valence-corrected chi connectivity index (χ4v) is 2.52. The second-order valence-corrected chi connectivity index (χ2v) is 5.88. The number of hydrogen-bond acceptors (Lipinski definition) is 5. The molecule has 0 bridgehead atoms. The maximum atomic E-state index is 11.6. The molecule has 0 aliphatic carbocycles. The zero-order valence-electron chi connectivity index (χ0n) is 10.1. The molecule has 16 heavy (non-hydrogen) atoms. The summed E-state index contributed by atoms with van der Waals surface area (Å²) < 4.78 is 24.8. The minimum Gasteiger partial charge on any atom is -0.383 e. The molecule has 0 fully saturated rings. The zero-order valence-corrected chi connectivity index (χ0v) is 10.9. The number of rotatable bonds is 4. The van der Waals surface area contributed by atoms with Crippen LogP contribution in [0.5, 0.6) is 0 Å². The van der Waals surface area contributed by atoms with Crippen molar-refractivity contribution in [1.82, 2.24) is 9.78 Å². The van der Waals surface area contributed by atoms with E-state index in [1.807, 2.05) is 6.92 Å². The monoisotopic (exact) mass is 246 g/mol. The van der Waals surface area contributed by atoms with Crippen LogP contribution in [0, 0.1) is 0 Å². The Hall–Kier alpha value is -1.24. The summed E-state index contributed by atoms with van der Waals surface area (Å²) in [7, 11) is 0.129. The molecule has 1 rings (SSSR count). The van der Waals surface area contributed by atoms with Crippen LogP contribution in [0.2, 0.25) is 0 Å². The molecule has 0 aliphatic heterocycles. The lowest BCUT2D eigenvalue weighted by atomic mass is 10.5. The van der Waals surface area contributed by atoms with Gasteiger partial charge in [0.25, 0.3) is 0 Å². The van der Waals surface area contributed by atoms with Crippen LogP contribution in [0.4, 0.5) is 11.6 Å². The molecule has 0 atom stereocenters. The molecule has 0 saturated carbocycles. The van der Waals surface area contributed by atoms with E-state index in [1.54, 1.807) is 19.0 Å². The van der Waals surface area contributed by atoms with Crippen LogP contribution in [0.3, 0.4) is 0 Å². The zero-order chi connectivity index (χ0) is 12.5. The highest BCUT2D eigenvalue weighted by Crippen LogP contribution is 2.28. The van der Waals surface area contributed by atoms with Gasteiger partial charge in [0.2, 0.25) is 0 Å². The van der Waals surface area contributed by atoms with E-state index in [9.17, 15) is 8.42 Å². The number of nitrogens with zero attached hydrogens (tertiary/aromatic N) is 3. The number of sulfone groups is 1. The van der Waals surface area contributed by atoms with Gasteiger partial charge in [-0.05, 0) is 6.42 Å². The van der Waals surface area contributed by atoms with E-state index in [2.05, 4.69) is 5.10 Å². The largest absolute Gasteiger partial charge is 0.383 e. The van der Waals surface area contributed by atoms with Gasteiger partial charge in [-0.1, -0.05) is 6.92 Å². The molecule has 0 aliphatic rings. The van der Waals surface area contributed by atoms with Crippen molar-refractivity contribution in [2.75, 3.05) is 31.0 Å². The smallest absolute Gasteiger partial charge is 0.182 e. The molecule has 0 aromatic carbocycles. The fraction of sp³-hybridized carbons (Fsp3) is 0.667. The third-order valence-corrected chi connectivity index (χ3v) is 3.29. The Morgan fingerprint density at radius 1 is 1.44 bits per heavy atom.